The van der Waals surface area contributed by atoms with E-state index in [4.69, 9.17) is 9.47 Å². The van der Waals surface area contributed by atoms with Gasteiger partial charge in [0.2, 0.25) is 0 Å². The number of hydrogen-bond donors (Lipinski definition) is 0. The van der Waals surface area contributed by atoms with Crippen LogP contribution < -0.4 is 0 Å². The Hall–Kier alpha value is -0.570. The van der Waals surface area contributed by atoms with Gasteiger partial charge in [-0.25, -0.2) is 4.79 Å². The van der Waals surface area contributed by atoms with Gasteiger partial charge in [-0.05, 0) is 20.3 Å². The number of hydrogen-bond acceptors (Lipinski definition) is 3. The second kappa shape index (κ2) is 4.09. The maximum Gasteiger partial charge on any atom is 0.338 e. The zero-order valence-electron chi connectivity index (χ0n) is 8.63. The summed E-state index contributed by atoms with van der Waals surface area (Å²) in [5.74, 6) is -0.207. The van der Waals surface area contributed by atoms with Gasteiger partial charge in [0.25, 0.3) is 0 Å². The lowest BCUT2D eigenvalue weighted by atomic mass is 10.0. The van der Waals surface area contributed by atoms with Crippen LogP contribution in [0.2, 0.25) is 0 Å². The molecule has 1 fully saturated rings. The Labute approximate surface area is 79.4 Å². The number of rotatable bonds is 5. The molecule has 3 heteroatoms. The summed E-state index contributed by atoms with van der Waals surface area (Å²) in [6.45, 7) is 6.35. The van der Waals surface area contributed by atoms with Crippen LogP contribution in [-0.4, -0.2) is 24.3 Å². The highest BCUT2D eigenvalue weighted by Gasteiger charge is 2.57. The summed E-state index contributed by atoms with van der Waals surface area (Å²) in [4.78, 5) is 11.2. The van der Waals surface area contributed by atoms with Crippen molar-refractivity contribution in [2.24, 2.45) is 0 Å². The average molecular weight is 186 g/mol. The number of unbranched alkanes of at least 4 members (excludes halogenated alkanes) is 1. The van der Waals surface area contributed by atoms with Crippen LogP contribution in [-0.2, 0) is 14.3 Å². The predicted molar refractivity (Wildman–Crippen MR) is 49.4 cm³/mol. The van der Waals surface area contributed by atoms with E-state index in [9.17, 15) is 4.79 Å². The molecular weight excluding hydrogens is 168 g/mol. The van der Waals surface area contributed by atoms with E-state index in [-0.39, 0.29) is 17.7 Å². The Morgan fingerprint density at radius 3 is 2.77 bits per heavy atom. The number of esters is 1. The molecule has 2 unspecified atom stereocenters. The van der Waals surface area contributed by atoms with E-state index in [0.717, 1.165) is 19.3 Å². The van der Waals surface area contributed by atoms with Gasteiger partial charge >= 0.3 is 5.97 Å². The van der Waals surface area contributed by atoms with Crippen molar-refractivity contribution in [3.05, 3.63) is 0 Å². The zero-order chi connectivity index (χ0) is 9.90. The van der Waals surface area contributed by atoms with Gasteiger partial charge < -0.3 is 9.47 Å². The SMILES string of the molecule is CCCCC1(C)OC1C(=O)OCC. The third-order valence-corrected chi connectivity index (χ3v) is 2.41. The van der Waals surface area contributed by atoms with Crippen LogP contribution in [0.3, 0.4) is 0 Å². The van der Waals surface area contributed by atoms with Gasteiger partial charge in [0.15, 0.2) is 6.10 Å². The summed E-state index contributed by atoms with van der Waals surface area (Å²) in [5.41, 5.74) is -0.234. The number of ether oxygens (including phenoxy) is 2. The van der Waals surface area contributed by atoms with E-state index in [0.29, 0.717) is 6.61 Å². The summed E-state index contributed by atoms with van der Waals surface area (Å²) < 4.78 is 10.2. The van der Waals surface area contributed by atoms with E-state index >= 15 is 0 Å². The third-order valence-electron chi connectivity index (χ3n) is 2.41. The first-order valence-corrected chi connectivity index (χ1v) is 4.98. The van der Waals surface area contributed by atoms with Crippen LogP contribution in [0.15, 0.2) is 0 Å². The first-order valence-electron chi connectivity index (χ1n) is 4.98. The normalized spacial score (nSPS) is 31.5. The second-order valence-electron chi connectivity index (χ2n) is 3.67. The molecule has 0 aromatic carbocycles. The van der Waals surface area contributed by atoms with E-state index in [1.54, 1.807) is 0 Å². The highest BCUT2D eigenvalue weighted by atomic mass is 16.7. The molecule has 1 heterocycles. The molecule has 0 aromatic heterocycles. The van der Waals surface area contributed by atoms with E-state index < -0.39 is 0 Å². The summed E-state index contributed by atoms with van der Waals surface area (Å²) in [6, 6.07) is 0. The van der Waals surface area contributed by atoms with Crippen LogP contribution in [0, 0.1) is 0 Å². The molecule has 76 valence electrons. The third kappa shape index (κ3) is 2.44. The van der Waals surface area contributed by atoms with Crippen LogP contribution in [0.5, 0.6) is 0 Å². The lowest BCUT2D eigenvalue weighted by molar-refractivity contribution is -0.144. The van der Waals surface area contributed by atoms with Gasteiger partial charge in [0, 0.05) is 0 Å². The quantitative estimate of drug-likeness (QED) is 0.486. The van der Waals surface area contributed by atoms with Gasteiger partial charge in [-0.2, -0.15) is 0 Å². The van der Waals surface area contributed by atoms with Gasteiger partial charge in [0.1, 0.15) is 5.60 Å². The molecule has 0 amide bonds. The molecule has 0 aliphatic carbocycles. The maximum absolute atomic E-state index is 11.2. The summed E-state index contributed by atoms with van der Waals surface area (Å²) >= 11 is 0. The van der Waals surface area contributed by atoms with Crippen LogP contribution >= 0.6 is 0 Å². The minimum absolute atomic E-state index is 0.207. The molecule has 0 aromatic rings. The molecule has 0 saturated carbocycles. The van der Waals surface area contributed by atoms with Crippen molar-refractivity contribution in [1.29, 1.82) is 0 Å². The topological polar surface area (TPSA) is 38.8 Å². The smallest absolute Gasteiger partial charge is 0.338 e. The van der Waals surface area contributed by atoms with Crippen molar-refractivity contribution < 1.29 is 14.3 Å². The summed E-state index contributed by atoms with van der Waals surface area (Å²) in [7, 11) is 0. The Balaban J connectivity index is 2.30. The molecule has 0 radical (unpaired) electrons. The first kappa shape index (κ1) is 10.5. The van der Waals surface area contributed by atoms with E-state index in [2.05, 4.69) is 6.92 Å². The second-order valence-corrected chi connectivity index (χ2v) is 3.67. The fourth-order valence-electron chi connectivity index (χ4n) is 1.47. The largest absolute Gasteiger partial charge is 0.464 e. The Bertz CT molecular complexity index is 191. The fraction of sp³-hybridized carbons (Fsp3) is 0.900. The maximum atomic E-state index is 11.2. The van der Waals surface area contributed by atoms with Gasteiger partial charge in [-0.15, -0.1) is 0 Å². The Kier molecular flexibility index (Phi) is 3.31. The van der Waals surface area contributed by atoms with Crippen molar-refractivity contribution in [3.8, 4) is 0 Å². The highest BCUT2D eigenvalue weighted by Crippen LogP contribution is 2.41. The van der Waals surface area contributed by atoms with Gasteiger partial charge in [-0.3, -0.25) is 0 Å². The molecular formula is C10H18O3. The van der Waals surface area contributed by atoms with E-state index in [1.165, 1.54) is 0 Å². The zero-order valence-corrected chi connectivity index (χ0v) is 8.63. The molecule has 3 nitrogen and oxygen atoms in total. The van der Waals surface area contributed by atoms with Crippen molar-refractivity contribution in [2.45, 2.75) is 51.7 Å². The lowest BCUT2D eigenvalue weighted by Crippen LogP contribution is -2.20. The minimum atomic E-state index is -0.306. The molecule has 1 aliphatic rings. The van der Waals surface area contributed by atoms with Crippen molar-refractivity contribution in [1.82, 2.24) is 0 Å². The first-order chi connectivity index (χ1) is 6.14. The molecule has 13 heavy (non-hydrogen) atoms. The lowest BCUT2D eigenvalue weighted by Gasteiger charge is -2.03. The Morgan fingerprint density at radius 1 is 1.54 bits per heavy atom. The molecule has 1 rings (SSSR count). The molecule has 0 N–H and O–H groups in total. The number of carbonyl (C=O) groups is 1. The summed E-state index contributed by atoms with van der Waals surface area (Å²) in [6.07, 6.45) is 2.88. The van der Waals surface area contributed by atoms with Crippen molar-refractivity contribution >= 4 is 5.97 Å². The van der Waals surface area contributed by atoms with Gasteiger partial charge in [-0.1, -0.05) is 19.8 Å². The predicted octanol–water partition coefficient (Wildman–Crippen LogP) is 1.90. The standard InChI is InChI=1S/C10H18O3/c1-4-6-7-10(3)8(13-10)9(11)12-5-2/h8H,4-7H2,1-3H3. The van der Waals surface area contributed by atoms with Crippen LogP contribution in [0.4, 0.5) is 0 Å². The molecule has 0 spiro atoms. The van der Waals surface area contributed by atoms with Gasteiger partial charge in [0.05, 0.1) is 6.61 Å². The minimum Gasteiger partial charge on any atom is -0.464 e. The fourth-order valence-corrected chi connectivity index (χ4v) is 1.47. The summed E-state index contributed by atoms with van der Waals surface area (Å²) in [5, 5.41) is 0. The average Bonchev–Trinajstić information content (AvgIpc) is 2.76. The monoisotopic (exact) mass is 186 g/mol. The molecule has 1 aliphatic heterocycles. The van der Waals surface area contributed by atoms with Crippen molar-refractivity contribution in [3.63, 3.8) is 0 Å². The Morgan fingerprint density at radius 2 is 2.23 bits per heavy atom. The number of carbonyl (C=O) groups excluding carboxylic acids is 1. The molecule has 2 atom stereocenters. The van der Waals surface area contributed by atoms with Crippen molar-refractivity contribution in [2.75, 3.05) is 6.61 Å². The van der Waals surface area contributed by atoms with E-state index in [1.807, 2.05) is 13.8 Å². The van der Waals surface area contributed by atoms with Crippen LogP contribution in [0.25, 0.3) is 0 Å². The highest BCUT2D eigenvalue weighted by molar-refractivity contribution is 5.79. The molecule has 1 saturated heterocycles. The molecule has 0 bridgehead atoms. The van der Waals surface area contributed by atoms with Crippen LogP contribution in [0.1, 0.15) is 40.0 Å². The number of epoxide rings is 1.